The molecule has 6 atom stereocenters. The summed E-state index contributed by atoms with van der Waals surface area (Å²) in [4.78, 5) is 67.0. The van der Waals surface area contributed by atoms with E-state index in [9.17, 15) is 34.2 Å². The van der Waals surface area contributed by atoms with Crippen LogP contribution in [0.4, 0.5) is 4.79 Å². The highest BCUT2D eigenvalue weighted by Crippen LogP contribution is 2.36. The van der Waals surface area contributed by atoms with Crippen molar-refractivity contribution in [2.75, 3.05) is 13.1 Å². The Bertz CT molecular complexity index is 1080. The second-order valence-corrected chi connectivity index (χ2v) is 10.2. The van der Waals surface area contributed by atoms with Gasteiger partial charge in [0.15, 0.2) is 0 Å². The van der Waals surface area contributed by atoms with Gasteiger partial charge in [-0.2, -0.15) is 0 Å². The van der Waals surface area contributed by atoms with E-state index in [1.54, 1.807) is 12.1 Å². The van der Waals surface area contributed by atoms with Crippen molar-refractivity contribution in [1.82, 2.24) is 20.4 Å². The fourth-order valence-corrected chi connectivity index (χ4v) is 5.51. The van der Waals surface area contributed by atoms with Gasteiger partial charge in [-0.1, -0.05) is 30.3 Å². The Kier molecular flexibility index (Phi) is 9.51. The number of nitrogens with two attached hydrogens (primary N) is 1. The zero-order valence-electron chi connectivity index (χ0n) is 22.1. The molecule has 13 nitrogen and oxygen atoms in total. The molecule has 214 valence electrons. The quantitative estimate of drug-likeness (QED) is 0.213. The number of carbonyl (C=O) groups is 5. The van der Waals surface area contributed by atoms with Gasteiger partial charge in [0, 0.05) is 19.5 Å². The van der Waals surface area contributed by atoms with Crippen molar-refractivity contribution in [3.8, 4) is 0 Å². The van der Waals surface area contributed by atoms with E-state index >= 15 is 0 Å². The smallest absolute Gasteiger partial charge is 0.405 e. The third-order valence-electron chi connectivity index (χ3n) is 7.44. The molecule has 39 heavy (non-hydrogen) atoms. The van der Waals surface area contributed by atoms with Crippen LogP contribution in [0.3, 0.4) is 0 Å². The fourth-order valence-electron chi connectivity index (χ4n) is 5.51. The van der Waals surface area contributed by atoms with Crippen molar-refractivity contribution in [2.24, 2.45) is 5.73 Å². The molecule has 0 aliphatic carbocycles. The average Bonchev–Trinajstić information content (AvgIpc) is 3.53. The van der Waals surface area contributed by atoms with Crippen molar-refractivity contribution in [3.63, 3.8) is 0 Å². The normalized spacial score (nSPS) is 23.9. The van der Waals surface area contributed by atoms with Crippen molar-refractivity contribution in [3.05, 3.63) is 35.9 Å². The van der Waals surface area contributed by atoms with Crippen molar-refractivity contribution in [2.45, 2.75) is 81.8 Å². The molecule has 2 fully saturated rings. The van der Waals surface area contributed by atoms with Crippen LogP contribution in [0.15, 0.2) is 30.3 Å². The summed E-state index contributed by atoms with van der Waals surface area (Å²) in [6.45, 7) is 2.99. The van der Waals surface area contributed by atoms with E-state index in [2.05, 4.69) is 5.32 Å². The Morgan fingerprint density at radius 2 is 1.64 bits per heavy atom. The van der Waals surface area contributed by atoms with E-state index in [0.29, 0.717) is 19.3 Å². The number of hydrogen-bond acceptors (Lipinski definition) is 7. The van der Waals surface area contributed by atoms with Crippen LogP contribution >= 0.6 is 0 Å². The summed E-state index contributed by atoms with van der Waals surface area (Å²) in [6, 6.07) is 5.23. The van der Waals surface area contributed by atoms with Gasteiger partial charge in [0.1, 0.15) is 23.7 Å². The first-order valence-corrected chi connectivity index (χ1v) is 13.0. The number of hydrogen-bond donors (Lipinski definition) is 6. The molecular weight excluding hydrogens is 510 g/mol. The lowest BCUT2D eigenvalue weighted by Crippen LogP contribution is -2.65. The van der Waals surface area contributed by atoms with Crippen LogP contribution < -0.4 is 16.4 Å². The summed E-state index contributed by atoms with van der Waals surface area (Å²) >= 11 is 0. The minimum absolute atomic E-state index is 0.119. The van der Waals surface area contributed by atoms with Crippen LogP contribution in [0.25, 0.3) is 0 Å². The van der Waals surface area contributed by atoms with Crippen molar-refractivity contribution < 1.29 is 39.3 Å². The SMILES string of the molecule is C[C@@H](O)[C@H](NC(=O)C1(Cc2ccccc2)CCCN1C(=O)[C@@H]1CCCN1C(=O)[C@@H](NC(=O)O)[C@@H](C)O)C(N)=O. The van der Waals surface area contributed by atoms with Gasteiger partial charge >= 0.3 is 6.09 Å². The standard InChI is InChI=1S/C26H37N5O8/c1-15(32)19(21(27)34)28-24(37)26(14-17-8-4-3-5-9-17)11-7-13-31(26)22(35)18-10-6-12-30(18)23(36)20(16(2)33)29-25(38)39/h3-5,8-9,15-16,18-20,29,32-33H,6-7,10-14H2,1-2H3,(H2,27,34)(H,28,37)(H,38,39)/t15-,16-,18+,19+,20+,26?/m1/s1. The lowest BCUT2D eigenvalue weighted by Gasteiger charge is -2.41. The van der Waals surface area contributed by atoms with E-state index in [4.69, 9.17) is 10.8 Å². The third-order valence-corrected chi connectivity index (χ3v) is 7.44. The number of primary amides is 1. The molecular formula is C26H37N5O8. The van der Waals surface area contributed by atoms with Gasteiger partial charge in [0.05, 0.1) is 12.2 Å². The molecule has 0 radical (unpaired) electrons. The third kappa shape index (κ3) is 6.48. The molecule has 2 aliphatic heterocycles. The molecule has 7 N–H and O–H groups in total. The highest BCUT2D eigenvalue weighted by Gasteiger charge is 2.53. The maximum atomic E-state index is 14.1. The van der Waals surface area contributed by atoms with E-state index in [1.807, 2.05) is 23.5 Å². The number of aliphatic hydroxyl groups is 2. The largest absolute Gasteiger partial charge is 0.465 e. The molecule has 2 aliphatic rings. The minimum Gasteiger partial charge on any atom is -0.465 e. The number of likely N-dealkylation sites (tertiary alicyclic amines) is 2. The summed E-state index contributed by atoms with van der Waals surface area (Å²) in [6.07, 6.45) is -2.48. The van der Waals surface area contributed by atoms with Gasteiger partial charge in [0.2, 0.25) is 23.6 Å². The summed E-state index contributed by atoms with van der Waals surface area (Å²) in [5, 5.41) is 33.8. The predicted octanol–water partition coefficient (Wildman–Crippen LogP) is -1.05. The molecule has 1 aromatic carbocycles. The molecule has 0 spiro atoms. The summed E-state index contributed by atoms with van der Waals surface area (Å²) in [5.41, 5.74) is 4.74. The Morgan fingerprint density at radius 3 is 2.21 bits per heavy atom. The molecule has 3 rings (SSSR count). The van der Waals surface area contributed by atoms with Crippen molar-refractivity contribution in [1.29, 1.82) is 0 Å². The zero-order chi connectivity index (χ0) is 28.9. The number of carboxylic acid groups (broad SMARTS) is 1. The van der Waals surface area contributed by atoms with Gasteiger partial charge in [0.25, 0.3) is 0 Å². The van der Waals surface area contributed by atoms with Crippen LogP contribution in [-0.4, -0.2) is 104 Å². The number of carbonyl (C=O) groups excluding carboxylic acids is 4. The molecule has 13 heteroatoms. The molecule has 1 aromatic rings. The van der Waals surface area contributed by atoms with Crippen LogP contribution in [0.1, 0.15) is 45.1 Å². The van der Waals surface area contributed by atoms with Gasteiger partial charge in [-0.05, 0) is 45.1 Å². The Labute approximate surface area is 226 Å². The average molecular weight is 548 g/mol. The first kappa shape index (κ1) is 29.8. The van der Waals surface area contributed by atoms with Gasteiger partial charge in [-0.3, -0.25) is 19.2 Å². The summed E-state index contributed by atoms with van der Waals surface area (Å²) in [7, 11) is 0. The highest BCUT2D eigenvalue weighted by molar-refractivity contribution is 5.98. The molecule has 2 heterocycles. The lowest BCUT2D eigenvalue weighted by atomic mass is 9.86. The van der Waals surface area contributed by atoms with Gasteiger partial charge in [-0.25, -0.2) is 4.79 Å². The second-order valence-electron chi connectivity index (χ2n) is 10.2. The summed E-state index contributed by atoms with van der Waals surface area (Å²) in [5.74, 6) is -2.79. The maximum Gasteiger partial charge on any atom is 0.405 e. The number of nitrogens with zero attached hydrogens (tertiary/aromatic N) is 2. The molecule has 1 unspecified atom stereocenters. The number of rotatable bonds is 10. The number of aliphatic hydroxyl groups excluding tert-OH is 2. The maximum absolute atomic E-state index is 14.1. The Morgan fingerprint density at radius 1 is 1.00 bits per heavy atom. The topological polar surface area (TPSA) is 203 Å². The van der Waals surface area contributed by atoms with E-state index < -0.39 is 65.6 Å². The molecule has 0 bridgehead atoms. The minimum atomic E-state index is -1.49. The summed E-state index contributed by atoms with van der Waals surface area (Å²) < 4.78 is 0. The van der Waals surface area contributed by atoms with E-state index in [0.717, 1.165) is 5.56 Å². The van der Waals surface area contributed by atoms with Gasteiger partial charge in [-0.15, -0.1) is 0 Å². The van der Waals surface area contributed by atoms with Crippen LogP contribution in [0, 0.1) is 0 Å². The second kappa shape index (κ2) is 12.4. The monoisotopic (exact) mass is 547 g/mol. The molecule has 5 amide bonds. The molecule has 0 saturated carbocycles. The first-order valence-electron chi connectivity index (χ1n) is 13.0. The zero-order valence-corrected chi connectivity index (χ0v) is 22.1. The van der Waals surface area contributed by atoms with Crippen LogP contribution in [-0.2, 0) is 25.6 Å². The Balaban J connectivity index is 1.96. The first-order chi connectivity index (χ1) is 18.4. The van der Waals surface area contributed by atoms with E-state index in [1.165, 1.54) is 23.6 Å². The molecule has 0 aromatic heterocycles. The Hall–Kier alpha value is -3.71. The van der Waals surface area contributed by atoms with E-state index in [-0.39, 0.29) is 25.9 Å². The lowest BCUT2D eigenvalue weighted by molar-refractivity contribution is -0.153. The fraction of sp³-hybridized carbons (Fsp3) is 0.577. The number of benzene rings is 1. The van der Waals surface area contributed by atoms with Gasteiger partial charge < -0.3 is 41.5 Å². The number of nitrogens with one attached hydrogen (secondary N) is 2. The van der Waals surface area contributed by atoms with Crippen LogP contribution in [0.5, 0.6) is 0 Å². The highest BCUT2D eigenvalue weighted by atomic mass is 16.4. The molecule has 2 saturated heterocycles. The predicted molar refractivity (Wildman–Crippen MR) is 138 cm³/mol. The number of amides is 5. The van der Waals surface area contributed by atoms with Crippen molar-refractivity contribution >= 4 is 29.7 Å². The van der Waals surface area contributed by atoms with Crippen LogP contribution in [0.2, 0.25) is 0 Å².